The van der Waals surface area contributed by atoms with E-state index in [0.29, 0.717) is 0 Å². The second-order valence-corrected chi connectivity index (χ2v) is 6.26. The molecule has 0 saturated carbocycles. The third-order valence-electron chi connectivity index (χ3n) is 3.65. The zero-order chi connectivity index (χ0) is 10.0. The highest BCUT2D eigenvalue weighted by Gasteiger charge is 2.30. The molecule has 0 aromatic rings. The van der Waals surface area contributed by atoms with Gasteiger partial charge in [-0.25, -0.2) is 0 Å². The van der Waals surface area contributed by atoms with E-state index in [1.54, 1.807) is 0 Å². The van der Waals surface area contributed by atoms with Crippen LogP contribution in [0.25, 0.3) is 0 Å². The van der Waals surface area contributed by atoms with Crippen molar-refractivity contribution in [2.75, 3.05) is 24.6 Å². The first-order valence-electron chi connectivity index (χ1n) is 5.78. The standard InChI is InChI=1S/C11H22N2S.ClH/c1-11(12)4-6-13(7-5-11)10-2-8-14-9-3-10;/h10H,2-9,12H2,1H3;1H. The zero-order valence-electron chi connectivity index (χ0n) is 9.58. The van der Waals surface area contributed by atoms with Crippen LogP contribution in [0.15, 0.2) is 0 Å². The van der Waals surface area contributed by atoms with Gasteiger partial charge in [0.25, 0.3) is 0 Å². The quantitative estimate of drug-likeness (QED) is 0.773. The molecule has 0 unspecified atom stereocenters. The monoisotopic (exact) mass is 250 g/mol. The molecule has 2 heterocycles. The molecule has 2 N–H and O–H groups in total. The molecule has 0 bridgehead atoms. The number of likely N-dealkylation sites (tertiary alicyclic amines) is 1. The van der Waals surface area contributed by atoms with Gasteiger partial charge in [-0.1, -0.05) is 0 Å². The Morgan fingerprint density at radius 1 is 1.20 bits per heavy atom. The summed E-state index contributed by atoms with van der Waals surface area (Å²) in [5, 5.41) is 0. The molecule has 2 fully saturated rings. The molecule has 4 heteroatoms. The van der Waals surface area contributed by atoms with Crippen LogP contribution in [0.2, 0.25) is 0 Å². The smallest absolute Gasteiger partial charge is 0.0150 e. The molecule has 0 atom stereocenters. The first kappa shape index (κ1) is 13.6. The molecule has 15 heavy (non-hydrogen) atoms. The average molecular weight is 251 g/mol. The summed E-state index contributed by atoms with van der Waals surface area (Å²) in [6.45, 7) is 4.64. The summed E-state index contributed by atoms with van der Waals surface area (Å²) in [6.07, 6.45) is 5.14. The molecule has 2 rings (SSSR count). The van der Waals surface area contributed by atoms with Crippen LogP contribution in [0, 0.1) is 0 Å². The van der Waals surface area contributed by atoms with Crippen LogP contribution in [-0.2, 0) is 0 Å². The molecule has 2 nitrogen and oxygen atoms in total. The van der Waals surface area contributed by atoms with Crippen molar-refractivity contribution in [3.63, 3.8) is 0 Å². The van der Waals surface area contributed by atoms with E-state index in [0.717, 1.165) is 6.04 Å². The maximum Gasteiger partial charge on any atom is 0.0150 e. The lowest BCUT2D eigenvalue weighted by Gasteiger charge is -2.42. The van der Waals surface area contributed by atoms with Gasteiger partial charge in [-0.05, 0) is 44.1 Å². The summed E-state index contributed by atoms with van der Waals surface area (Å²) < 4.78 is 0. The SMILES string of the molecule is CC1(N)CCN(C2CCSCC2)CC1.Cl. The maximum atomic E-state index is 6.14. The third kappa shape index (κ3) is 3.81. The maximum absolute atomic E-state index is 6.14. The Morgan fingerprint density at radius 2 is 1.73 bits per heavy atom. The molecular weight excluding hydrogens is 228 g/mol. The van der Waals surface area contributed by atoms with E-state index in [-0.39, 0.29) is 17.9 Å². The number of nitrogens with two attached hydrogens (primary N) is 1. The first-order valence-corrected chi connectivity index (χ1v) is 6.93. The number of piperidine rings is 1. The van der Waals surface area contributed by atoms with Crippen molar-refractivity contribution < 1.29 is 0 Å². The van der Waals surface area contributed by atoms with E-state index >= 15 is 0 Å². The minimum absolute atomic E-state index is 0. The molecule has 2 saturated heterocycles. The van der Waals surface area contributed by atoms with Crippen LogP contribution in [0.3, 0.4) is 0 Å². The number of nitrogens with zero attached hydrogens (tertiary/aromatic N) is 1. The van der Waals surface area contributed by atoms with E-state index in [1.807, 2.05) is 0 Å². The Labute approximate surface area is 104 Å². The van der Waals surface area contributed by atoms with E-state index in [4.69, 9.17) is 5.73 Å². The predicted molar refractivity (Wildman–Crippen MR) is 71.0 cm³/mol. The van der Waals surface area contributed by atoms with E-state index < -0.39 is 0 Å². The molecule has 0 aromatic heterocycles. The van der Waals surface area contributed by atoms with Gasteiger partial charge >= 0.3 is 0 Å². The van der Waals surface area contributed by atoms with Crippen molar-refractivity contribution in [1.29, 1.82) is 0 Å². The van der Waals surface area contributed by atoms with Crippen molar-refractivity contribution in [3.05, 3.63) is 0 Å². The minimum Gasteiger partial charge on any atom is -0.325 e. The second-order valence-electron chi connectivity index (χ2n) is 5.03. The third-order valence-corrected chi connectivity index (χ3v) is 4.70. The van der Waals surface area contributed by atoms with Crippen LogP contribution in [0.4, 0.5) is 0 Å². The lowest BCUT2D eigenvalue weighted by atomic mass is 9.89. The van der Waals surface area contributed by atoms with Crippen molar-refractivity contribution in [2.24, 2.45) is 5.73 Å². The van der Waals surface area contributed by atoms with Crippen molar-refractivity contribution in [1.82, 2.24) is 4.90 Å². The summed E-state index contributed by atoms with van der Waals surface area (Å²) in [5.41, 5.74) is 6.25. The lowest BCUT2D eigenvalue weighted by Crippen LogP contribution is -2.51. The topological polar surface area (TPSA) is 29.3 Å². The van der Waals surface area contributed by atoms with Gasteiger partial charge in [-0.2, -0.15) is 11.8 Å². The molecule has 0 aromatic carbocycles. The highest BCUT2D eigenvalue weighted by molar-refractivity contribution is 7.99. The highest BCUT2D eigenvalue weighted by atomic mass is 35.5. The molecule has 90 valence electrons. The van der Waals surface area contributed by atoms with Gasteiger partial charge in [-0.3, -0.25) is 0 Å². The fraction of sp³-hybridized carbons (Fsp3) is 1.00. The molecule has 2 aliphatic heterocycles. The first-order chi connectivity index (χ1) is 6.67. The molecule has 0 amide bonds. The van der Waals surface area contributed by atoms with Crippen molar-refractivity contribution in [3.8, 4) is 0 Å². The number of thioether (sulfide) groups is 1. The number of halogens is 1. The van der Waals surface area contributed by atoms with Gasteiger partial charge < -0.3 is 10.6 Å². The van der Waals surface area contributed by atoms with Gasteiger partial charge in [0, 0.05) is 24.7 Å². The number of rotatable bonds is 1. The lowest BCUT2D eigenvalue weighted by molar-refractivity contribution is 0.118. The average Bonchev–Trinajstić information content (AvgIpc) is 2.19. The van der Waals surface area contributed by atoms with Gasteiger partial charge in [0.2, 0.25) is 0 Å². The van der Waals surface area contributed by atoms with E-state index in [2.05, 4.69) is 23.6 Å². The van der Waals surface area contributed by atoms with Crippen molar-refractivity contribution in [2.45, 2.75) is 44.2 Å². The molecule has 2 aliphatic rings. The fourth-order valence-corrected chi connectivity index (χ4v) is 3.53. The molecule has 0 radical (unpaired) electrons. The normalized spacial score (nSPS) is 28.4. The Bertz CT molecular complexity index is 183. The Kier molecular flexibility index (Phi) is 5.23. The minimum atomic E-state index is 0. The van der Waals surface area contributed by atoms with Gasteiger partial charge in [0.05, 0.1) is 0 Å². The van der Waals surface area contributed by atoms with Crippen LogP contribution < -0.4 is 5.73 Å². The van der Waals surface area contributed by atoms with Crippen LogP contribution in [-0.4, -0.2) is 41.1 Å². The van der Waals surface area contributed by atoms with E-state index in [9.17, 15) is 0 Å². The largest absolute Gasteiger partial charge is 0.325 e. The summed E-state index contributed by atoms with van der Waals surface area (Å²) in [5.74, 6) is 2.72. The van der Waals surface area contributed by atoms with Gasteiger partial charge in [0.1, 0.15) is 0 Å². The zero-order valence-corrected chi connectivity index (χ0v) is 11.2. The van der Waals surface area contributed by atoms with Crippen LogP contribution >= 0.6 is 24.2 Å². The molecule has 0 spiro atoms. The second kappa shape index (κ2) is 5.76. The summed E-state index contributed by atoms with van der Waals surface area (Å²) in [7, 11) is 0. The van der Waals surface area contributed by atoms with E-state index in [1.165, 1.54) is 50.3 Å². The fourth-order valence-electron chi connectivity index (χ4n) is 2.45. The van der Waals surface area contributed by atoms with Crippen LogP contribution in [0.1, 0.15) is 32.6 Å². The van der Waals surface area contributed by atoms with Gasteiger partial charge in [-0.15, -0.1) is 12.4 Å². The Hall–Kier alpha value is 0.560. The molecular formula is C11H23ClN2S. The predicted octanol–water partition coefficient (Wildman–Crippen LogP) is 2.12. The number of hydrogen-bond donors (Lipinski definition) is 1. The molecule has 0 aliphatic carbocycles. The van der Waals surface area contributed by atoms with Gasteiger partial charge in [0.15, 0.2) is 0 Å². The summed E-state index contributed by atoms with van der Waals surface area (Å²) in [4.78, 5) is 2.67. The van der Waals surface area contributed by atoms with Crippen molar-refractivity contribution >= 4 is 24.2 Å². The highest BCUT2D eigenvalue weighted by Crippen LogP contribution is 2.26. The summed E-state index contributed by atoms with van der Waals surface area (Å²) in [6, 6.07) is 0.868. The summed E-state index contributed by atoms with van der Waals surface area (Å²) >= 11 is 2.11. The Balaban J connectivity index is 0.00000112. The van der Waals surface area contributed by atoms with Crippen LogP contribution in [0.5, 0.6) is 0 Å². The Morgan fingerprint density at radius 3 is 2.27 bits per heavy atom. The number of hydrogen-bond acceptors (Lipinski definition) is 3.